The van der Waals surface area contributed by atoms with E-state index in [1.54, 1.807) is 17.5 Å². The molecule has 120 valence electrons. The van der Waals surface area contributed by atoms with Crippen LogP contribution < -0.4 is 5.32 Å². The molecule has 1 unspecified atom stereocenters. The second-order valence-electron chi connectivity index (χ2n) is 5.83. The first kappa shape index (κ1) is 16.1. The number of carbonyl (C=O) groups is 1. The molecule has 0 radical (unpaired) electrons. The number of hydrogen-bond donors (Lipinski definition) is 1. The summed E-state index contributed by atoms with van der Waals surface area (Å²) in [4.78, 5) is 17.6. The van der Waals surface area contributed by atoms with Crippen LogP contribution in [-0.2, 0) is 24.7 Å². The SMILES string of the molecule is CC1CCc2c(sc(NC(=O)CSc3nccn3C)c2C#N)C1. The first-order chi connectivity index (χ1) is 11.1. The Morgan fingerprint density at radius 2 is 2.48 bits per heavy atom. The van der Waals surface area contributed by atoms with Crippen LogP contribution in [0.4, 0.5) is 5.00 Å². The van der Waals surface area contributed by atoms with Crippen LogP contribution in [0.15, 0.2) is 17.6 Å². The van der Waals surface area contributed by atoms with Crippen LogP contribution in [0.25, 0.3) is 0 Å². The Kier molecular flexibility index (Phi) is 4.74. The van der Waals surface area contributed by atoms with Gasteiger partial charge in [-0.05, 0) is 30.7 Å². The van der Waals surface area contributed by atoms with Crippen LogP contribution in [-0.4, -0.2) is 21.2 Å². The molecule has 0 saturated heterocycles. The van der Waals surface area contributed by atoms with Crippen molar-refractivity contribution >= 4 is 34.0 Å². The molecule has 2 aromatic rings. The maximum absolute atomic E-state index is 12.2. The summed E-state index contributed by atoms with van der Waals surface area (Å²) < 4.78 is 1.88. The maximum Gasteiger partial charge on any atom is 0.235 e. The molecule has 23 heavy (non-hydrogen) atoms. The second kappa shape index (κ2) is 6.77. The van der Waals surface area contributed by atoms with Crippen LogP contribution in [0.2, 0.25) is 0 Å². The highest BCUT2D eigenvalue weighted by Gasteiger charge is 2.24. The minimum Gasteiger partial charge on any atom is -0.329 e. The lowest BCUT2D eigenvalue weighted by Gasteiger charge is -2.17. The Morgan fingerprint density at radius 3 is 3.17 bits per heavy atom. The smallest absolute Gasteiger partial charge is 0.235 e. The van der Waals surface area contributed by atoms with Gasteiger partial charge in [-0.15, -0.1) is 11.3 Å². The summed E-state index contributed by atoms with van der Waals surface area (Å²) in [5.74, 6) is 0.839. The average molecular weight is 346 g/mol. The summed E-state index contributed by atoms with van der Waals surface area (Å²) in [7, 11) is 1.90. The van der Waals surface area contributed by atoms with E-state index in [1.165, 1.54) is 16.6 Å². The lowest BCUT2D eigenvalue weighted by Crippen LogP contribution is -2.14. The van der Waals surface area contributed by atoms with E-state index in [1.807, 2.05) is 17.8 Å². The van der Waals surface area contributed by atoms with Crippen molar-refractivity contribution in [2.75, 3.05) is 11.1 Å². The van der Waals surface area contributed by atoms with Crippen LogP contribution in [0, 0.1) is 17.2 Å². The number of aromatic nitrogens is 2. The number of fused-ring (bicyclic) bond motifs is 1. The Labute approximate surface area is 143 Å². The van der Waals surface area contributed by atoms with Crippen LogP contribution >= 0.6 is 23.1 Å². The van der Waals surface area contributed by atoms with E-state index >= 15 is 0 Å². The summed E-state index contributed by atoms with van der Waals surface area (Å²) in [6.07, 6.45) is 6.62. The highest BCUT2D eigenvalue weighted by molar-refractivity contribution is 7.99. The van der Waals surface area contributed by atoms with Crippen LogP contribution in [0.3, 0.4) is 0 Å². The van der Waals surface area contributed by atoms with E-state index in [2.05, 4.69) is 23.3 Å². The number of amides is 1. The molecule has 0 fully saturated rings. The fourth-order valence-corrected chi connectivity index (χ4v) is 4.85. The molecule has 2 heterocycles. The van der Waals surface area contributed by atoms with Gasteiger partial charge in [-0.25, -0.2) is 4.98 Å². The van der Waals surface area contributed by atoms with Gasteiger partial charge in [-0.1, -0.05) is 18.7 Å². The molecule has 1 N–H and O–H groups in total. The lowest BCUT2D eigenvalue weighted by molar-refractivity contribution is -0.113. The molecule has 1 aliphatic carbocycles. The minimum atomic E-state index is -0.0962. The third-order valence-electron chi connectivity index (χ3n) is 3.99. The van der Waals surface area contributed by atoms with E-state index in [9.17, 15) is 10.1 Å². The summed E-state index contributed by atoms with van der Waals surface area (Å²) >= 11 is 2.95. The van der Waals surface area contributed by atoms with Gasteiger partial charge < -0.3 is 9.88 Å². The Balaban J connectivity index is 1.69. The molecule has 5 nitrogen and oxygen atoms in total. The fraction of sp³-hybridized carbons (Fsp3) is 0.438. The molecule has 0 bridgehead atoms. The number of thiophene rings is 1. The molecule has 0 aliphatic heterocycles. The molecule has 0 saturated carbocycles. The predicted octanol–water partition coefficient (Wildman–Crippen LogP) is 3.21. The second-order valence-corrected chi connectivity index (χ2v) is 7.87. The van der Waals surface area contributed by atoms with Crippen LogP contribution in [0.5, 0.6) is 0 Å². The van der Waals surface area contributed by atoms with Crippen molar-refractivity contribution in [1.82, 2.24) is 9.55 Å². The standard InChI is InChI=1S/C16H18N4OS2/c1-10-3-4-11-12(8-17)15(23-13(11)7-10)19-14(21)9-22-16-18-5-6-20(16)2/h5-6,10H,3-4,7,9H2,1-2H3,(H,19,21). The molecular formula is C16H18N4OS2. The molecule has 1 amide bonds. The maximum atomic E-state index is 12.2. The zero-order valence-electron chi connectivity index (χ0n) is 13.1. The minimum absolute atomic E-state index is 0.0962. The summed E-state index contributed by atoms with van der Waals surface area (Å²) in [5.41, 5.74) is 1.80. The number of nitrogens with one attached hydrogen (secondary N) is 1. The number of hydrogen-bond acceptors (Lipinski definition) is 5. The highest BCUT2D eigenvalue weighted by atomic mass is 32.2. The molecule has 3 rings (SSSR count). The largest absolute Gasteiger partial charge is 0.329 e. The van der Waals surface area contributed by atoms with Gasteiger partial charge in [-0.3, -0.25) is 4.79 Å². The van der Waals surface area contributed by atoms with Crippen molar-refractivity contribution in [2.45, 2.75) is 31.3 Å². The van der Waals surface area contributed by atoms with E-state index in [0.717, 1.165) is 30.0 Å². The summed E-state index contributed by atoms with van der Waals surface area (Å²) in [5, 5.41) is 13.9. The third-order valence-corrected chi connectivity index (χ3v) is 6.21. The number of imidazole rings is 1. The third kappa shape index (κ3) is 3.43. The van der Waals surface area contributed by atoms with Gasteiger partial charge in [-0.2, -0.15) is 5.26 Å². The number of nitrogens with zero attached hydrogens (tertiary/aromatic N) is 3. The van der Waals surface area contributed by atoms with Crippen molar-refractivity contribution in [3.8, 4) is 6.07 Å². The number of thioether (sulfide) groups is 1. The Hall–Kier alpha value is -1.78. The van der Waals surface area contributed by atoms with Crippen molar-refractivity contribution in [3.05, 3.63) is 28.4 Å². The van der Waals surface area contributed by atoms with Gasteiger partial charge in [0.15, 0.2) is 5.16 Å². The molecule has 0 aromatic carbocycles. The van der Waals surface area contributed by atoms with Gasteiger partial charge >= 0.3 is 0 Å². The number of aryl methyl sites for hydroxylation is 1. The quantitative estimate of drug-likeness (QED) is 0.863. The Morgan fingerprint density at radius 1 is 1.65 bits per heavy atom. The van der Waals surface area contributed by atoms with E-state index in [0.29, 0.717) is 16.5 Å². The van der Waals surface area contributed by atoms with Crippen LogP contribution in [0.1, 0.15) is 29.3 Å². The summed E-state index contributed by atoms with van der Waals surface area (Å²) in [6.45, 7) is 2.23. The zero-order chi connectivity index (χ0) is 16.4. The Bertz CT molecular complexity index is 772. The van der Waals surface area contributed by atoms with E-state index in [4.69, 9.17) is 0 Å². The number of rotatable bonds is 4. The van der Waals surface area contributed by atoms with E-state index < -0.39 is 0 Å². The van der Waals surface area contributed by atoms with Crippen molar-refractivity contribution in [2.24, 2.45) is 13.0 Å². The van der Waals surface area contributed by atoms with Gasteiger partial charge in [0.2, 0.25) is 5.91 Å². The summed E-state index contributed by atoms with van der Waals surface area (Å²) in [6, 6.07) is 2.28. The highest BCUT2D eigenvalue weighted by Crippen LogP contribution is 2.39. The number of carbonyl (C=O) groups excluding carboxylic acids is 1. The van der Waals surface area contributed by atoms with Gasteiger partial charge in [0.25, 0.3) is 0 Å². The fourth-order valence-electron chi connectivity index (χ4n) is 2.74. The zero-order valence-corrected chi connectivity index (χ0v) is 14.8. The number of nitriles is 1. The van der Waals surface area contributed by atoms with Crippen molar-refractivity contribution < 1.29 is 4.79 Å². The first-order valence-electron chi connectivity index (χ1n) is 7.53. The topological polar surface area (TPSA) is 70.7 Å². The van der Waals surface area contributed by atoms with Crippen molar-refractivity contribution in [1.29, 1.82) is 5.26 Å². The number of anilines is 1. The average Bonchev–Trinajstić information content (AvgIpc) is 3.07. The molecule has 7 heteroatoms. The van der Waals surface area contributed by atoms with E-state index in [-0.39, 0.29) is 11.7 Å². The van der Waals surface area contributed by atoms with Gasteiger partial charge in [0, 0.05) is 24.3 Å². The normalized spacial score (nSPS) is 16.7. The van der Waals surface area contributed by atoms with Gasteiger partial charge in [0.05, 0.1) is 11.3 Å². The first-order valence-corrected chi connectivity index (χ1v) is 9.33. The van der Waals surface area contributed by atoms with Gasteiger partial charge in [0.1, 0.15) is 11.1 Å². The molecule has 2 aromatic heterocycles. The molecule has 1 atom stereocenters. The monoisotopic (exact) mass is 346 g/mol. The van der Waals surface area contributed by atoms with Crippen molar-refractivity contribution in [3.63, 3.8) is 0 Å². The molecule has 0 spiro atoms. The lowest BCUT2D eigenvalue weighted by atomic mass is 9.89. The molecular weight excluding hydrogens is 328 g/mol. The molecule has 1 aliphatic rings. The predicted molar refractivity (Wildman–Crippen MR) is 92.8 cm³/mol.